The van der Waals surface area contributed by atoms with E-state index in [1.54, 1.807) is 0 Å². The van der Waals surface area contributed by atoms with Crippen LogP contribution in [0.4, 0.5) is 11.6 Å². The summed E-state index contributed by atoms with van der Waals surface area (Å²) in [5.74, 6) is 1.03. The van der Waals surface area contributed by atoms with E-state index in [9.17, 15) is 4.21 Å². The SMILES string of the molecule is CCc1nnc(Nc2cccc(CS(=O)C(C)(C)C)c2)nc1CC. The molecule has 0 bridgehead atoms. The molecule has 1 N–H and O–H groups in total. The molecule has 5 nitrogen and oxygen atoms in total. The van der Waals surface area contributed by atoms with Crippen LogP contribution in [0.1, 0.15) is 51.6 Å². The molecule has 0 amide bonds. The maximum absolute atomic E-state index is 12.3. The molecule has 0 aliphatic rings. The number of rotatable bonds is 6. The number of aryl methyl sites for hydroxylation is 2. The average Bonchev–Trinajstić information content (AvgIpc) is 2.54. The Morgan fingerprint density at radius 2 is 1.79 bits per heavy atom. The van der Waals surface area contributed by atoms with Gasteiger partial charge in [0.2, 0.25) is 5.95 Å². The standard InChI is InChI=1S/C18H26N4OS/c1-6-15-16(7-2)21-22-17(20-15)19-14-10-8-9-13(11-14)12-24(23)18(3,4)5/h8-11H,6-7,12H2,1-5H3,(H,19,20,22). The predicted molar refractivity (Wildman–Crippen MR) is 99.9 cm³/mol. The zero-order valence-corrected chi connectivity index (χ0v) is 15.9. The Labute approximate surface area is 146 Å². The van der Waals surface area contributed by atoms with Crippen molar-refractivity contribution < 1.29 is 4.21 Å². The fourth-order valence-corrected chi connectivity index (χ4v) is 3.14. The maximum atomic E-state index is 12.3. The molecule has 0 aliphatic heterocycles. The zero-order chi connectivity index (χ0) is 17.7. The number of aromatic nitrogens is 3. The molecule has 2 aromatic rings. The lowest BCUT2D eigenvalue weighted by molar-refractivity contribution is 0.648. The van der Waals surface area contributed by atoms with Crippen molar-refractivity contribution in [2.75, 3.05) is 5.32 Å². The van der Waals surface area contributed by atoms with Crippen LogP contribution in [-0.4, -0.2) is 24.1 Å². The monoisotopic (exact) mass is 346 g/mol. The molecule has 130 valence electrons. The highest BCUT2D eigenvalue weighted by atomic mass is 32.2. The third-order valence-electron chi connectivity index (χ3n) is 3.67. The largest absolute Gasteiger partial charge is 0.323 e. The van der Waals surface area contributed by atoms with Gasteiger partial charge in [-0.15, -0.1) is 10.2 Å². The van der Waals surface area contributed by atoms with Crippen molar-refractivity contribution in [2.45, 2.75) is 58.0 Å². The summed E-state index contributed by atoms with van der Waals surface area (Å²) in [5, 5.41) is 11.6. The Bertz CT molecular complexity index is 725. The molecule has 0 spiro atoms. The van der Waals surface area contributed by atoms with Crippen LogP contribution < -0.4 is 5.32 Å². The molecule has 0 fully saturated rings. The Hall–Kier alpha value is -1.82. The molecular weight excluding hydrogens is 320 g/mol. The molecule has 0 saturated heterocycles. The second-order valence-electron chi connectivity index (χ2n) is 6.66. The topological polar surface area (TPSA) is 67.8 Å². The summed E-state index contributed by atoms with van der Waals surface area (Å²) in [6, 6.07) is 7.89. The van der Waals surface area contributed by atoms with E-state index in [1.807, 2.05) is 45.0 Å². The normalized spacial score (nSPS) is 12.9. The molecule has 0 saturated carbocycles. The average molecular weight is 347 g/mol. The molecule has 1 atom stereocenters. The van der Waals surface area contributed by atoms with Gasteiger partial charge < -0.3 is 5.32 Å². The molecule has 2 rings (SSSR count). The Kier molecular flexibility index (Phi) is 6.04. The lowest BCUT2D eigenvalue weighted by atomic mass is 10.2. The molecule has 1 aromatic heterocycles. The fraction of sp³-hybridized carbons (Fsp3) is 0.500. The van der Waals surface area contributed by atoms with Gasteiger partial charge in [0.05, 0.1) is 11.4 Å². The smallest absolute Gasteiger partial charge is 0.247 e. The highest BCUT2D eigenvalue weighted by Crippen LogP contribution is 2.20. The number of hydrogen-bond donors (Lipinski definition) is 1. The van der Waals surface area contributed by atoms with Crippen molar-refractivity contribution in [2.24, 2.45) is 0 Å². The van der Waals surface area contributed by atoms with Crippen LogP contribution >= 0.6 is 0 Å². The minimum Gasteiger partial charge on any atom is -0.323 e. The third-order valence-corrected chi connectivity index (χ3v) is 5.63. The van der Waals surface area contributed by atoms with Gasteiger partial charge in [-0.2, -0.15) is 0 Å². The van der Waals surface area contributed by atoms with E-state index in [0.29, 0.717) is 11.7 Å². The van der Waals surface area contributed by atoms with Crippen LogP contribution in [0.2, 0.25) is 0 Å². The van der Waals surface area contributed by atoms with Crippen LogP contribution in [-0.2, 0) is 29.4 Å². The lowest BCUT2D eigenvalue weighted by Gasteiger charge is -2.18. The van der Waals surface area contributed by atoms with Crippen LogP contribution in [0.3, 0.4) is 0 Å². The highest BCUT2D eigenvalue weighted by Gasteiger charge is 2.19. The van der Waals surface area contributed by atoms with Crippen LogP contribution in [0.5, 0.6) is 0 Å². The first kappa shape index (κ1) is 18.5. The first-order chi connectivity index (χ1) is 11.3. The number of nitrogens with zero attached hydrogens (tertiary/aromatic N) is 3. The van der Waals surface area contributed by atoms with Gasteiger partial charge in [-0.25, -0.2) is 4.98 Å². The van der Waals surface area contributed by atoms with Crippen LogP contribution in [0, 0.1) is 0 Å². The van der Waals surface area contributed by atoms with E-state index < -0.39 is 10.8 Å². The van der Waals surface area contributed by atoms with E-state index in [1.165, 1.54) is 0 Å². The highest BCUT2D eigenvalue weighted by molar-refractivity contribution is 7.85. The van der Waals surface area contributed by atoms with Gasteiger partial charge in [0, 0.05) is 27.0 Å². The fourth-order valence-electron chi connectivity index (χ4n) is 2.23. The van der Waals surface area contributed by atoms with Gasteiger partial charge in [-0.05, 0) is 51.3 Å². The van der Waals surface area contributed by atoms with E-state index in [2.05, 4.69) is 34.3 Å². The Balaban J connectivity index is 2.16. The minimum absolute atomic E-state index is 0.220. The summed E-state index contributed by atoms with van der Waals surface area (Å²) in [6.07, 6.45) is 1.66. The van der Waals surface area contributed by atoms with Gasteiger partial charge in [0.1, 0.15) is 0 Å². The van der Waals surface area contributed by atoms with Crippen molar-refractivity contribution in [3.63, 3.8) is 0 Å². The summed E-state index contributed by atoms with van der Waals surface area (Å²) in [7, 11) is -0.924. The van der Waals surface area contributed by atoms with E-state index >= 15 is 0 Å². The van der Waals surface area contributed by atoms with Gasteiger partial charge in [0.15, 0.2) is 0 Å². The Morgan fingerprint density at radius 3 is 2.42 bits per heavy atom. The van der Waals surface area contributed by atoms with Gasteiger partial charge in [-0.1, -0.05) is 26.0 Å². The zero-order valence-electron chi connectivity index (χ0n) is 15.1. The Morgan fingerprint density at radius 1 is 1.08 bits per heavy atom. The number of nitrogens with one attached hydrogen (secondary N) is 1. The molecule has 24 heavy (non-hydrogen) atoms. The summed E-state index contributed by atoms with van der Waals surface area (Å²) in [4.78, 5) is 4.54. The molecule has 1 unspecified atom stereocenters. The molecule has 6 heteroatoms. The second-order valence-corrected chi connectivity index (χ2v) is 8.87. The van der Waals surface area contributed by atoms with E-state index in [-0.39, 0.29) is 4.75 Å². The van der Waals surface area contributed by atoms with Gasteiger partial charge >= 0.3 is 0 Å². The first-order valence-electron chi connectivity index (χ1n) is 8.30. The molecule has 0 radical (unpaired) electrons. The molecule has 0 aliphatic carbocycles. The maximum Gasteiger partial charge on any atom is 0.247 e. The summed E-state index contributed by atoms with van der Waals surface area (Å²) in [6.45, 7) is 10.1. The number of benzene rings is 1. The minimum atomic E-state index is -0.924. The summed E-state index contributed by atoms with van der Waals surface area (Å²) in [5.41, 5.74) is 3.82. The van der Waals surface area contributed by atoms with Crippen LogP contribution in [0.15, 0.2) is 24.3 Å². The summed E-state index contributed by atoms with van der Waals surface area (Å²) < 4.78 is 12.1. The van der Waals surface area contributed by atoms with Crippen molar-refractivity contribution in [3.8, 4) is 0 Å². The van der Waals surface area contributed by atoms with Crippen LogP contribution in [0.25, 0.3) is 0 Å². The predicted octanol–water partition coefficient (Wildman–Crippen LogP) is 3.79. The van der Waals surface area contributed by atoms with Gasteiger partial charge in [-0.3, -0.25) is 4.21 Å². The van der Waals surface area contributed by atoms with Crippen molar-refractivity contribution in [3.05, 3.63) is 41.2 Å². The third kappa shape index (κ3) is 4.84. The second kappa shape index (κ2) is 7.83. The lowest BCUT2D eigenvalue weighted by Crippen LogP contribution is -2.22. The molecule has 1 aromatic carbocycles. The number of hydrogen-bond acceptors (Lipinski definition) is 5. The number of anilines is 2. The van der Waals surface area contributed by atoms with Crippen molar-refractivity contribution >= 4 is 22.4 Å². The summed E-state index contributed by atoms with van der Waals surface area (Å²) >= 11 is 0. The van der Waals surface area contributed by atoms with E-state index in [0.717, 1.165) is 35.5 Å². The van der Waals surface area contributed by atoms with Crippen molar-refractivity contribution in [1.82, 2.24) is 15.2 Å². The molecular formula is C18H26N4OS. The van der Waals surface area contributed by atoms with Gasteiger partial charge in [0.25, 0.3) is 0 Å². The quantitative estimate of drug-likeness (QED) is 0.862. The molecule has 1 heterocycles. The van der Waals surface area contributed by atoms with Crippen molar-refractivity contribution in [1.29, 1.82) is 0 Å². The van der Waals surface area contributed by atoms with E-state index in [4.69, 9.17) is 0 Å². The first-order valence-corrected chi connectivity index (χ1v) is 9.62.